The van der Waals surface area contributed by atoms with Gasteiger partial charge in [0.05, 0.1) is 12.1 Å². The number of nitrogens with zero attached hydrogens (tertiary/aromatic N) is 3. The second-order valence-corrected chi connectivity index (χ2v) is 5.49. The molecule has 2 aromatic heterocycles. The van der Waals surface area contributed by atoms with Crippen molar-refractivity contribution >= 4 is 5.91 Å². The van der Waals surface area contributed by atoms with Crippen molar-refractivity contribution in [3.63, 3.8) is 0 Å². The minimum absolute atomic E-state index is 0.0204. The molecule has 0 aliphatic carbocycles. The van der Waals surface area contributed by atoms with Crippen LogP contribution >= 0.6 is 0 Å². The number of carbonyl (C=O) groups is 1. The van der Waals surface area contributed by atoms with Gasteiger partial charge in [-0.25, -0.2) is 0 Å². The van der Waals surface area contributed by atoms with Crippen molar-refractivity contribution in [2.75, 3.05) is 6.54 Å². The highest BCUT2D eigenvalue weighted by Crippen LogP contribution is 2.23. The molecule has 3 rings (SSSR count). The summed E-state index contributed by atoms with van der Waals surface area (Å²) in [7, 11) is 1.86. The van der Waals surface area contributed by atoms with Gasteiger partial charge in [-0.1, -0.05) is 6.07 Å². The molecule has 1 fully saturated rings. The second kappa shape index (κ2) is 5.69. The van der Waals surface area contributed by atoms with Crippen molar-refractivity contribution in [2.45, 2.75) is 25.0 Å². The molecular formula is C16H19N3O2. The van der Waals surface area contributed by atoms with E-state index in [-0.39, 0.29) is 11.9 Å². The highest BCUT2D eigenvalue weighted by molar-refractivity contribution is 5.93. The average Bonchev–Trinajstić information content (AvgIpc) is 3.07. The minimum Gasteiger partial charge on any atom is -0.391 e. The Labute approximate surface area is 123 Å². The van der Waals surface area contributed by atoms with E-state index in [1.165, 1.54) is 0 Å². The van der Waals surface area contributed by atoms with E-state index in [9.17, 15) is 9.90 Å². The Balaban J connectivity index is 1.81. The van der Waals surface area contributed by atoms with Crippen LogP contribution in [0.4, 0.5) is 0 Å². The Morgan fingerprint density at radius 1 is 1.43 bits per heavy atom. The quantitative estimate of drug-likeness (QED) is 0.923. The largest absolute Gasteiger partial charge is 0.391 e. The summed E-state index contributed by atoms with van der Waals surface area (Å²) in [5, 5.41) is 10.2. The van der Waals surface area contributed by atoms with E-state index in [4.69, 9.17) is 0 Å². The molecule has 0 bridgehead atoms. The molecule has 1 saturated heterocycles. The fraction of sp³-hybridized carbons (Fsp3) is 0.375. The highest BCUT2D eigenvalue weighted by atomic mass is 16.3. The lowest BCUT2D eigenvalue weighted by Gasteiger charge is -2.26. The van der Waals surface area contributed by atoms with Crippen LogP contribution in [0.2, 0.25) is 0 Å². The fourth-order valence-corrected chi connectivity index (χ4v) is 2.93. The van der Waals surface area contributed by atoms with Crippen molar-refractivity contribution in [3.05, 3.63) is 54.1 Å². The molecule has 2 atom stereocenters. The third-order valence-corrected chi connectivity index (χ3v) is 4.10. The third kappa shape index (κ3) is 2.69. The Morgan fingerprint density at radius 3 is 2.95 bits per heavy atom. The van der Waals surface area contributed by atoms with Crippen LogP contribution < -0.4 is 0 Å². The maximum atomic E-state index is 12.7. The van der Waals surface area contributed by atoms with E-state index in [0.717, 1.165) is 5.56 Å². The maximum absolute atomic E-state index is 12.7. The van der Waals surface area contributed by atoms with Gasteiger partial charge in [0.25, 0.3) is 5.91 Å². The zero-order valence-electron chi connectivity index (χ0n) is 12.0. The number of aliphatic hydroxyl groups excluding tert-OH is 1. The first-order valence-electron chi connectivity index (χ1n) is 7.16. The Morgan fingerprint density at radius 2 is 2.29 bits per heavy atom. The molecule has 2 aromatic rings. The molecule has 5 nitrogen and oxygen atoms in total. The molecule has 5 heteroatoms. The van der Waals surface area contributed by atoms with Crippen molar-refractivity contribution in [1.29, 1.82) is 0 Å². The first-order valence-corrected chi connectivity index (χ1v) is 7.16. The van der Waals surface area contributed by atoms with Crippen LogP contribution in [0.1, 0.15) is 22.5 Å². The predicted octanol–water partition coefficient (Wildman–Crippen LogP) is 1.24. The van der Waals surface area contributed by atoms with Crippen LogP contribution in [-0.2, 0) is 13.5 Å². The number of aryl methyl sites for hydroxylation is 1. The average molecular weight is 285 g/mol. The van der Waals surface area contributed by atoms with Gasteiger partial charge in [0.1, 0.15) is 5.69 Å². The molecule has 0 unspecified atom stereocenters. The normalized spacial score (nSPS) is 21.7. The Bertz CT molecular complexity index is 623. The van der Waals surface area contributed by atoms with Gasteiger partial charge in [-0.15, -0.1) is 0 Å². The summed E-state index contributed by atoms with van der Waals surface area (Å²) in [5.74, 6) is -0.0204. The van der Waals surface area contributed by atoms with Gasteiger partial charge in [-0.3, -0.25) is 9.78 Å². The number of hydrogen-bond donors (Lipinski definition) is 1. The van der Waals surface area contributed by atoms with E-state index in [2.05, 4.69) is 4.98 Å². The van der Waals surface area contributed by atoms with Crippen LogP contribution in [-0.4, -0.2) is 44.2 Å². The number of carbonyl (C=O) groups excluding carboxylic acids is 1. The lowest BCUT2D eigenvalue weighted by molar-refractivity contribution is 0.0631. The van der Waals surface area contributed by atoms with Crippen LogP contribution in [0.3, 0.4) is 0 Å². The molecule has 0 radical (unpaired) electrons. The van der Waals surface area contributed by atoms with Crippen molar-refractivity contribution in [3.8, 4) is 0 Å². The third-order valence-electron chi connectivity index (χ3n) is 4.10. The summed E-state index contributed by atoms with van der Waals surface area (Å²) in [6.07, 6.45) is 6.15. The lowest BCUT2D eigenvalue weighted by Crippen LogP contribution is -2.41. The Kier molecular flexibility index (Phi) is 3.75. The molecule has 110 valence electrons. The van der Waals surface area contributed by atoms with Crippen molar-refractivity contribution < 1.29 is 9.90 Å². The van der Waals surface area contributed by atoms with Gasteiger partial charge in [0.2, 0.25) is 0 Å². The van der Waals surface area contributed by atoms with Gasteiger partial charge < -0.3 is 14.6 Å². The number of likely N-dealkylation sites (tertiary alicyclic amines) is 1. The zero-order valence-corrected chi connectivity index (χ0v) is 12.0. The topological polar surface area (TPSA) is 58.4 Å². The standard InChI is InChI=1S/C16H19N3O2/c1-18-8-3-5-13(18)16(21)19-9-6-15(20)14(19)10-12-4-2-7-17-11-12/h2-5,7-8,11,14-15,20H,6,9-10H2,1H3/t14-,15-/m0/s1. The number of hydrogen-bond acceptors (Lipinski definition) is 3. The second-order valence-electron chi connectivity index (χ2n) is 5.49. The first-order chi connectivity index (χ1) is 10.2. The molecule has 1 aliphatic rings. The van der Waals surface area contributed by atoms with E-state index in [1.54, 1.807) is 17.3 Å². The summed E-state index contributed by atoms with van der Waals surface area (Å²) in [6.45, 7) is 0.593. The van der Waals surface area contributed by atoms with Gasteiger partial charge in [-0.2, -0.15) is 0 Å². The Hall–Kier alpha value is -2.14. The summed E-state index contributed by atoms with van der Waals surface area (Å²) < 4.78 is 1.81. The van der Waals surface area contributed by atoms with E-state index in [0.29, 0.717) is 25.1 Å². The van der Waals surface area contributed by atoms with Gasteiger partial charge >= 0.3 is 0 Å². The molecule has 0 saturated carbocycles. The minimum atomic E-state index is -0.477. The first kappa shape index (κ1) is 13.8. The zero-order chi connectivity index (χ0) is 14.8. The SMILES string of the molecule is Cn1cccc1C(=O)N1CC[C@H](O)[C@@H]1Cc1cccnc1. The lowest BCUT2D eigenvalue weighted by atomic mass is 10.0. The maximum Gasteiger partial charge on any atom is 0.270 e. The number of rotatable bonds is 3. The van der Waals surface area contributed by atoms with Crippen molar-refractivity contribution in [2.24, 2.45) is 7.05 Å². The van der Waals surface area contributed by atoms with Crippen LogP contribution in [0, 0.1) is 0 Å². The van der Waals surface area contributed by atoms with Crippen LogP contribution in [0.5, 0.6) is 0 Å². The van der Waals surface area contributed by atoms with E-state index < -0.39 is 6.10 Å². The smallest absolute Gasteiger partial charge is 0.270 e. The van der Waals surface area contributed by atoms with Gasteiger partial charge in [-0.05, 0) is 36.6 Å². The summed E-state index contributed by atoms with van der Waals surface area (Å²) in [6, 6.07) is 7.34. The van der Waals surface area contributed by atoms with E-state index in [1.807, 2.05) is 42.1 Å². The number of aromatic nitrogens is 2. The molecule has 1 amide bonds. The van der Waals surface area contributed by atoms with Crippen molar-refractivity contribution in [1.82, 2.24) is 14.5 Å². The molecule has 21 heavy (non-hydrogen) atoms. The highest BCUT2D eigenvalue weighted by Gasteiger charge is 2.36. The monoisotopic (exact) mass is 285 g/mol. The molecule has 0 spiro atoms. The predicted molar refractivity (Wildman–Crippen MR) is 78.8 cm³/mol. The number of pyridine rings is 1. The van der Waals surface area contributed by atoms with Gasteiger partial charge in [0.15, 0.2) is 0 Å². The number of amides is 1. The van der Waals surface area contributed by atoms with Gasteiger partial charge in [0, 0.05) is 32.2 Å². The number of aliphatic hydroxyl groups is 1. The van der Waals surface area contributed by atoms with Crippen LogP contribution in [0.25, 0.3) is 0 Å². The molecule has 1 N–H and O–H groups in total. The molecule has 3 heterocycles. The summed E-state index contributed by atoms with van der Waals surface area (Å²) in [5.41, 5.74) is 1.69. The van der Waals surface area contributed by atoms with Crippen LogP contribution in [0.15, 0.2) is 42.9 Å². The van der Waals surface area contributed by atoms with E-state index >= 15 is 0 Å². The summed E-state index contributed by atoms with van der Waals surface area (Å²) in [4.78, 5) is 18.5. The molecule has 1 aliphatic heterocycles. The molecule has 0 aromatic carbocycles. The fourth-order valence-electron chi connectivity index (χ4n) is 2.93. The summed E-state index contributed by atoms with van der Waals surface area (Å²) >= 11 is 0. The molecular weight excluding hydrogens is 266 g/mol.